The molecule has 1 saturated carbocycles. The van der Waals surface area contributed by atoms with Gasteiger partial charge in [-0.2, -0.15) is 0 Å². The Kier molecular flexibility index (Phi) is 6.92. The molecule has 0 atom stereocenters. The smallest absolute Gasteiger partial charge is 0.234 e. The third-order valence-electron chi connectivity index (χ3n) is 5.59. The molecule has 1 N–H and O–H groups in total. The maximum Gasteiger partial charge on any atom is 0.234 e. The second-order valence-corrected chi connectivity index (χ2v) is 9.05. The van der Waals surface area contributed by atoms with Crippen LogP contribution in [0.4, 0.5) is 10.1 Å². The van der Waals surface area contributed by atoms with Gasteiger partial charge in [-0.3, -0.25) is 9.36 Å². The Balaban J connectivity index is 1.56. The first-order valence-electron chi connectivity index (χ1n) is 10.4. The molecule has 4 rings (SSSR count). The van der Waals surface area contributed by atoms with Crippen molar-refractivity contribution in [2.45, 2.75) is 50.2 Å². The van der Waals surface area contributed by atoms with E-state index in [0.717, 1.165) is 31.2 Å². The summed E-state index contributed by atoms with van der Waals surface area (Å²) in [5, 5.41) is 12.8. The van der Waals surface area contributed by atoms with Crippen LogP contribution in [0.5, 0.6) is 0 Å². The molecular weight excluding hydrogens is 435 g/mol. The molecule has 0 radical (unpaired) electrons. The molecule has 0 bridgehead atoms. The van der Waals surface area contributed by atoms with Crippen molar-refractivity contribution in [3.05, 3.63) is 58.9 Å². The largest absolute Gasteiger partial charge is 0.325 e. The summed E-state index contributed by atoms with van der Waals surface area (Å²) in [5.74, 6) is 0.228. The molecule has 1 heterocycles. The first-order valence-corrected chi connectivity index (χ1v) is 11.8. The fraction of sp³-hybridized carbons (Fsp3) is 0.348. The lowest BCUT2D eigenvalue weighted by molar-refractivity contribution is -0.113. The van der Waals surface area contributed by atoms with E-state index >= 15 is 0 Å². The van der Waals surface area contributed by atoms with Gasteiger partial charge in [0.15, 0.2) is 11.0 Å². The molecule has 1 amide bonds. The summed E-state index contributed by atoms with van der Waals surface area (Å²) in [6, 6.07) is 12.2. The lowest BCUT2D eigenvalue weighted by Gasteiger charge is -2.25. The lowest BCUT2D eigenvalue weighted by Crippen LogP contribution is -2.18. The van der Waals surface area contributed by atoms with E-state index in [2.05, 4.69) is 15.5 Å². The highest BCUT2D eigenvalue weighted by molar-refractivity contribution is 7.99. The van der Waals surface area contributed by atoms with Crippen molar-refractivity contribution >= 4 is 35.0 Å². The molecule has 1 aliphatic rings. The molecule has 0 aliphatic heterocycles. The summed E-state index contributed by atoms with van der Waals surface area (Å²) in [4.78, 5) is 12.6. The first-order chi connectivity index (χ1) is 15.0. The third-order valence-corrected chi connectivity index (χ3v) is 6.95. The van der Waals surface area contributed by atoms with E-state index in [1.165, 1.54) is 24.2 Å². The first kappa shape index (κ1) is 21.8. The number of amides is 1. The number of thioether (sulfide) groups is 1. The van der Waals surface area contributed by atoms with E-state index in [1.54, 1.807) is 30.3 Å². The van der Waals surface area contributed by atoms with Crippen LogP contribution in [-0.2, 0) is 4.79 Å². The zero-order chi connectivity index (χ0) is 21.8. The predicted molar refractivity (Wildman–Crippen MR) is 123 cm³/mol. The molecule has 2 aromatic carbocycles. The fourth-order valence-electron chi connectivity index (χ4n) is 3.93. The van der Waals surface area contributed by atoms with Crippen molar-refractivity contribution in [3.63, 3.8) is 0 Å². The molecule has 0 saturated heterocycles. The van der Waals surface area contributed by atoms with Gasteiger partial charge in [-0.15, -0.1) is 10.2 Å². The number of carbonyl (C=O) groups excluding carboxylic acids is 1. The van der Waals surface area contributed by atoms with Crippen molar-refractivity contribution in [3.8, 4) is 11.4 Å². The number of nitrogens with one attached hydrogen (secondary N) is 1. The normalized spacial score (nSPS) is 14.5. The highest BCUT2D eigenvalue weighted by Gasteiger charge is 2.25. The molecule has 8 heteroatoms. The Morgan fingerprint density at radius 1 is 1.16 bits per heavy atom. The maximum atomic E-state index is 14.5. The number of hydrogen-bond acceptors (Lipinski definition) is 4. The molecule has 31 heavy (non-hydrogen) atoms. The van der Waals surface area contributed by atoms with Gasteiger partial charge in [0.25, 0.3) is 0 Å². The van der Waals surface area contributed by atoms with E-state index in [9.17, 15) is 9.18 Å². The van der Waals surface area contributed by atoms with Gasteiger partial charge in [0.1, 0.15) is 5.82 Å². The fourth-order valence-corrected chi connectivity index (χ4v) is 4.91. The Hall–Kier alpha value is -2.38. The predicted octanol–water partition coefficient (Wildman–Crippen LogP) is 6.28. The van der Waals surface area contributed by atoms with Gasteiger partial charge in [-0.25, -0.2) is 4.39 Å². The SMILES string of the molecule is Cc1c(Cl)cccc1NC(=O)CSc1nnc(-c2ccccc2F)n1C1CCCCC1. The topological polar surface area (TPSA) is 59.8 Å². The minimum Gasteiger partial charge on any atom is -0.325 e. The van der Waals surface area contributed by atoms with Gasteiger partial charge >= 0.3 is 0 Å². The minimum absolute atomic E-state index is 0.152. The zero-order valence-corrected chi connectivity index (χ0v) is 18.8. The van der Waals surface area contributed by atoms with Crippen LogP contribution in [0.3, 0.4) is 0 Å². The average Bonchev–Trinajstić information content (AvgIpc) is 3.20. The van der Waals surface area contributed by atoms with Crippen molar-refractivity contribution in [1.82, 2.24) is 14.8 Å². The molecule has 0 spiro atoms. The molecular formula is C23H24ClFN4OS. The van der Waals surface area contributed by atoms with Crippen LogP contribution in [0.25, 0.3) is 11.4 Å². The summed E-state index contributed by atoms with van der Waals surface area (Å²) in [6.07, 6.45) is 5.45. The van der Waals surface area contributed by atoms with Crippen molar-refractivity contribution in [2.75, 3.05) is 11.1 Å². The zero-order valence-electron chi connectivity index (χ0n) is 17.3. The maximum absolute atomic E-state index is 14.5. The molecule has 1 aliphatic carbocycles. The number of hydrogen-bond donors (Lipinski definition) is 1. The van der Waals surface area contributed by atoms with Crippen molar-refractivity contribution in [2.24, 2.45) is 0 Å². The van der Waals surface area contributed by atoms with E-state index in [4.69, 9.17) is 11.6 Å². The summed E-state index contributed by atoms with van der Waals surface area (Å²) in [5.41, 5.74) is 1.96. The Morgan fingerprint density at radius 2 is 1.94 bits per heavy atom. The van der Waals surface area contributed by atoms with Crippen LogP contribution in [0.15, 0.2) is 47.6 Å². The average molecular weight is 459 g/mol. The number of halogens is 2. The van der Waals surface area contributed by atoms with E-state index in [-0.39, 0.29) is 23.5 Å². The number of nitrogens with zero attached hydrogens (tertiary/aromatic N) is 3. The van der Waals surface area contributed by atoms with Crippen LogP contribution < -0.4 is 5.32 Å². The third kappa shape index (κ3) is 4.93. The van der Waals surface area contributed by atoms with Crippen LogP contribution in [0.1, 0.15) is 43.7 Å². The monoisotopic (exact) mass is 458 g/mol. The highest BCUT2D eigenvalue weighted by Crippen LogP contribution is 2.36. The van der Waals surface area contributed by atoms with Crippen molar-refractivity contribution < 1.29 is 9.18 Å². The minimum atomic E-state index is -0.322. The number of rotatable bonds is 6. The molecule has 1 fully saturated rings. The van der Waals surface area contributed by atoms with Gasteiger partial charge in [0, 0.05) is 16.8 Å². The van der Waals surface area contributed by atoms with E-state index in [0.29, 0.717) is 27.3 Å². The van der Waals surface area contributed by atoms with Gasteiger partial charge in [-0.05, 0) is 49.6 Å². The quantitative estimate of drug-likeness (QED) is 0.441. The lowest BCUT2D eigenvalue weighted by atomic mass is 9.95. The number of benzene rings is 2. The Morgan fingerprint density at radius 3 is 2.71 bits per heavy atom. The van der Waals surface area contributed by atoms with Gasteiger partial charge < -0.3 is 5.32 Å². The molecule has 3 aromatic rings. The standard InChI is InChI=1S/C23H24ClFN4OS/c1-15-18(24)11-7-13-20(15)26-21(30)14-31-23-28-27-22(17-10-5-6-12-19(17)25)29(23)16-8-3-2-4-9-16/h5-7,10-13,16H,2-4,8-9,14H2,1H3,(H,26,30). The van der Waals surface area contributed by atoms with Crippen LogP contribution >= 0.6 is 23.4 Å². The highest BCUT2D eigenvalue weighted by atomic mass is 35.5. The van der Waals surface area contributed by atoms with E-state index in [1.807, 2.05) is 17.6 Å². The van der Waals surface area contributed by atoms with Gasteiger partial charge in [0.2, 0.25) is 5.91 Å². The molecule has 1 aromatic heterocycles. The van der Waals surface area contributed by atoms with Crippen molar-refractivity contribution in [1.29, 1.82) is 0 Å². The molecule has 5 nitrogen and oxygen atoms in total. The number of anilines is 1. The van der Waals surface area contributed by atoms with Gasteiger partial charge in [-0.1, -0.05) is 60.8 Å². The van der Waals surface area contributed by atoms with Crippen LogP contribution in [0.2, 0.25) is 5.02 Å². The van der Waals surface area contributed by atoms with Gasteiger partial charge in [0.05, 0.1) is 11.3 Å². The molecule has 0 unspecified atom stereocenters. The summed E-state index contributed by atoms with van der Waals surface area (Å²) < 4.78 is 16.5. The second-order valence-electron chi connectivity index (χ2n) is 7.70. The second kappa shape index (κ2) is 9.83. The summed E-state index contributed by atoms with van der Waals surface area (Å²) >= 11 is 7.46. The molecule has 162 valence electrons. The Labute approximate surface area is 190 Å². The van der Waals surface area contributed by atoms with E-state index < -0.39 is 0 Å². The van der Waals surface area contributed by atoms with Crippen LogP contribution in [0, 0.1) is 12.7 Å². The summed E-state index contributed by atoms with van der Waals surface area (Å²) in [6.45, 7) is 1.87. The van der Waals surface area contributed by atoms with Crippen LogP contribution in [-0.4, -0.2) is 26.4 Å². The number of aromatic nitrogens is 3. The summed E-state index contributed by atoms with van der Waals surface area (Å²) in [7, 11) is 0. The Bertz CT molecular complexity index is 1080. The number of carbonyl (C=O) groups is 1.